The van der Waals surface area contributed by atoms with Crippen molar-refractivity contribution in [2.45, 2.75) is 20.8 Å². The average Bonchev–Trinajstić information content (AvgIpc) is 3.29. The number of anilines is 1. The largest absolute Gasteiger partial charge is 0.460 e. The minimum atomic E-state index is -0.481. The molecular formula is C21H29N5O6. The van der Waals surface area contributed by atoms with Crippen molar-refractivity contribution in [1.29, 1.82) is 0 Å². The topological polar surface area (TPSA) is 130 Å². The fourth-order valence-corrected chi connectivity index (χ4v) is 3.64. The van der Waals surface area contributed by atoms with E-state index >= 15 is 0 Å². The minimum Gasteiger partial charge on any atom is -0.460 e. The average molecular weight is 447 g/mol. The minimum absolute atomic E-state index is 0.147. The smallest absolute Gasteiger partial charge is 0.340 e. The molecule has 3 heterocycles. The van der Waals surface area contributed by atoms with Crippen LogP contribution in [-0.2, 0) is 14.3 Å². The molecular weight excluding hydrogens is 418 g/mol. The molecule has 0 aromatic carbocycles. The molecule has 11 heteroatoms. The lowest BCUT2D eigenvalue weighted by Crippen LogP contribution is -2.50. The van der Waals surface area contributed by atoms with E-state index in [1.54, 1.807) is 31.7 Å². The summed E-state index contributed by atoms with van der Waals surface area (Å²) in [6.07, 6.45) is 0. The van der Waals surface area contributed by atoms with E-state index in [0.717, 1.165) is 0 Å². The number of aryl methyl sites for hydroxylation is 2. The van der Waals surface area contributed by atoms with E-state index in [1.807, 2.05) is 4.90 Å². The van der Waals surface area contributed by atoms with Gasteiger partial charge in [0.1, 0.15) is 18.1 Å². The predicted molar refractivity (Wildman–Crippen MR) is 115 cm³/mol. The lowest BCUT2D eigenvalue weighted by Gasteiger charge is -2.34. The zero-order valence-electron chi connectivity index (χ0n) is 18.8. The molecule has 2 amide bonds. The van der Waals surface area contributed by atoms with Crippen LogP contribution in [0, 0.1) is 20.8 Å². The molecule has 0 unspecified atom stereocenters. The molecule has 2 aromatic rings. The Labute approximate surface area is 186 Å². The fourth-order valence-electron chi connectivity index (χ4n) is 3.64. The van der Waals surface area contributed by atoms with Gasteiger partial charge in [0.25, 0.3) is 5.91 Å². The number of aromatic nitrogens is 2. The number of piperazine rings is 1. The summed E-state index contributed by atoms with van der Waals surface area (Å²) in [5.41, 5.74) is 1.92. The number of esters is 1. The number of nitrogens with zero attached hydrogens (tertiary/aromatic N) is 3. The normalized spacial score (nSPS) is 14.4. The molecule has 2 N–H and O–H groups in total. The van der Waals surface area contributed by atoms with E-state index in [-0.39, 0.29) is 25.0 Å². The van der Waals surface area contributed by atoms with Crippen molar-refractivity contribution in [3.8, 4) is 0 Å². The third-order valence-corrected chi connectivity index (χ3v) is 5.30. The fraction of sp³-hybridized carbons (Fsp3) is 0.524. The van der Waals surface area contributed by atoms with Gasteiger partial charge in [-0.1, -0.05) is 5.16 Å². The van der Waals surface area contributed by atoms with Gasteiger partial charge in [0.05, 0.1) is 18.7 Å². The Morgan fingerprint density at radius 3 is 2.50 bits per heavy atom. The van der Waals surface area contributed by atoms with Crippen molar-refractivity contribution in [3.63, 3.8) is 0 Å². The molecule has 0 spiro atoms. The summed E-state index contributed by atoms with van der Waals surface area (Å²) < 4.78 is 15.0. The molecule has 11 nitrogen and oxygen atoms in total. The Balaban J connectivity index is 1.54. The first-order valence-corrected chi connectivity index (χ1v) is 10.4. The van der Waals surface area contributed by atoms with Crippen molar-refractivity contribution in [2.24, 2.45) is 0 Å². The summed E-state index contributed by atoms with van der Waals surface area (Å²) >= 11 is 0. The zero-order chi connectivity index (χ0) is 23.3. The SMILES string of the molecule is COCCOC(=O)c1c(C)[nH]c(C(=O)N2CCN(CC(=O)Nc3cc(C)on3)CC2)c1C. The van der Waals surface area contributed by atoms with E-state index in [9.17, 15) is 14.4 Å². The second kappa shape index (κ2) is 10.4. The van der Waals surface area contributed by atoms with Gasteiger partial charge in [-0.05, 0) is 26.3 Å². The summed E-state index contributed by atoms with van der Waals surface area (Å²) in [6.45, 7) is 7.93. The predicted octanol–water partition coefficient (Wildman–Crippen LogP) is 1.13. The van der Waals surface area contributed by atoms with Gasteiger partial charge in [-0.3, -0.25) is 14.5 Å². The number of ether oxygens (including phenoxy) is 2. The second-order valence-electron chi connectivity index (χ2n) is 7.69. The molecule has 1 saturated heterocycles. The quantitative estimate of drug-likeness (QED) is 0.455. The number of rotatable bonds is 8. The van der Waals surface area contributed by atoms with E-state index in [0.29, 0.717) is 66.9 Å². The van der Waals surface area contributed by atoms with Crippen LogP contribution in [0.2, 0.25) is 0 Å². The summed E-state index contributed by atoms with van der Waals surface area (Å²) in [5.74, 6) is 0.156. The maximum Gasteiger partial charge on any atom is 0.340 e. The number of hydrogen-bond donors (Lipinski definition) is 2. The van der Waals surface area contributed by atoms with Gasteiger partial charge in [0.15, 0.2) is 5.82 Å². The van der Waals surface area contributed by atoms with Crippen molar-refractivity contribution in [3.05, 3.63) is 34.3 Å². The van der Waals surface area contributed by atoms with Crippen LogP contribution in [0.1, 0.15) is 37.9 Å². The summed E-state index contributed by atoms with van der Waals surface area (Å²) in [5, 5.41) is 6.44. The highest BCUT2D eigenvalue weighted by Gasteiger charge is 2.28. The lowest BCUT2D eigenvalue weighted by atomic mass is 10.1. The van der Waals surface area contributed by atoms with Crippen molar-refractivity contribution < 1.29 is 28.4 Å². The monoisotopic (exact) mass is 447 g/mol. The summed E-state index contributed by atoms with van der Waals surface area (Å²) in [7, 11) is 1.53. The Bertz CT molecular complexity index is 973. The molecule has 32 heavy (non-hydrogen) atoms. The van der Waals surface area contributed by atoms with Crippen molar-refractivity contribution in [1.82, 2.24) is 19.9 Å². The lowest BCUT2D eigenvalue weighted by molar-refractivity contribution is -0.117. The molecule has 0 radical (unpaired) electrons. The van der Waals surface area contributed by atoms with E-state index in [1.165, 1.54) is 7.11 Å². The van der Waals surface area contributed by atoms with Gasteiger partial charge < -0.3 is 29.2 Å². The van der Waals surface area contributed by atoms with Crippen LogP contribution in [0.5, 0.6) is 0 Å². The van der Waals surface area contributed by atoms with Gasteiger partial charge in [0, 0.05) is 45.0 Å². The second-order valence-corrected chi connectivity index (χ2v) is 7.69. The van der Waals surface area contributed by atoms with Crippen LogP contribution < -0.4 is 5.32 Å². The zero-order valence-corrected chi connectivity index (χ0v) is 18.8. The van der Waals surface area contributed by atoms with E-state index in [2.05, 4.69) is 15.5 Å². The van der Waals surface area contributed by atoms with Gasteiger partial charge in [0.2, 0.25) is 5.91 Å². The molecule has 174 valence electrons. The molecule has 0 bridgehead atoms. The molecule has 0 atom stereocenters. The third-order valence-electron chi connectivity index (χ3n) is 5.30. The first-order valence-electron chi connectivity index (χ1n) is 10.4. The molecule has 3 rings (SSSR count). The molecule has 0 saturated carbocycles. The summed E-state index contributed by atoms with van der Waals surface area (Å²) in [6, 6.07) is 1.65. The highest BCUT2D eigenvalue weighted by Crippen LogP contribution is 2.21. The van der Waals surface area contributed by atoms with Gasteiger partial charge in [-0.25, -0.2) is 4.79 Å². The third kappa shape index (κ3) is 5.54. The number of methoxy groups -OCH3 is 1. The van der Waals surface area contributed by atoms with E-state index in [4.69, 9.17) is 14.0 Å². The Morgan fingerprint density at radius 1 is 1.16 bits per heavy atom. The number of carbonyl (C=O) groups excluding carboxylic acids is 3. The number of H-pyrrole nitrogens is 1. The van der Waals surface area contributed by atoms with Crippen LogP contribution in [0.3, 0.4) is 0 Å². The number of amides is 2. The first-order chi connectivity index (χ1) is 15.3. The van der Waals surface area contributed by atoms with Gasteiger partial charge in [-0.15, -0.1) is 0 Å². The molecule has 0 aliphatic carbocycles. The molecule has 1 aliphatic heterocycles. The van der Waals surface area contributed by atoms with E-state index < -0.39 is 5.97 Å². The highest BCUT2D eigenvalue weighted by molar-refractivity contribution is 6.00. The Kier molecular flexibility index (Phi) is 7.65. The number of aromatic amines is 1. The number of hydrogen-bond acceptors (Lipinski definition) is 8. The molecule has 1 fully saturated rings. The van der Waals surface area contributed by atoms with Crippen LogP contribution in [0.25, 0.3) is 0 Å². The maximum atomic E-state index is 13.0. The van der Waals surface area contributed by atoms with Crippen molar-refractivity contribution in [2.75, 3.05) is 58.4 Å². The van der Waals surface area contributed by atoms with Gasteiger partial charge in [-0.2, -0.15) is 0 Å². The van der Waals surface area contributed by atoms with Crippen LogP contribution in [0.15, 0.2) is 10.6 Å². The maximum absolute atomic E-state index is 13.0. The molecule has 1 aliphatic rings. The first kappa shape index (κ1) is 23.5. The number of nitrogens with one attached hydrogen (secondary N) is 2. The van der Waals surface area contributed by atoms with Crippen LogP contribution in [-0.4, -0.2) is 90.8 Å². The van der Waals surface area contributed by atoms with Gasteiger partial charge >= 0.3 is 5.97 Å². The van der Waals surface area contributed by atoms with Crippen molar-refractivity contribution >= 4 is 23.6 Å². The molecule has 2 aromatic heterocycles. The Hall–Kier alpha value is -3.18. The Morgan fingerprint density at radius 2 is 1.88 bits per heavy atom. The summed E-state index contributed by atoms with van der Waals surface area (Å²) in [4.78, 5) is 44.3. The standard InChI is InChI=1S/C21H29N5O6/c1-13-11-16(24-32-13)23-17(27)12-25-5-7-26(8-6-25)20(28)19-14(2)18(15(3)22-19)21(29)31-10-9-30-4/h11,22H,5-10,12H2,1-4H3,(H,23,24,27). The number of carbonyl (C=O) groups is 3. The van der Waals surface area contributed by atoms with Crippen LogP contribution >= 0.6 is 0 Å². The van der Waals surface area contributed by atoms with Crippen LogP contribution in [0.4, 0.5) is 5.82 Å². The highest BCUT2D eigenvalue weighted by atomic mass is 16.6.